The number of halogens is 4. The molecule has 1 rings (SSSR count). The summed E-state index contributed by atoms with van der Waals surface area (Å²) in [4.78, 5) is 11.8. The van der Waals surface area contributed by atoms with Crippen LogP contribution in [0.25, 0.3) is 0 Å². The molecule has 160 valence electrons. The molecule has 0 amide bonds. The van der Waals surface area contributed by atoms with Crippen molar-refractivity contribution in [2.75, 3.05) is 26.4 Å². The molecule has 0 bridgehead atoms. The van der Waals surface area contributed by atoms with E-state index in [1.54, 1.807) is 0 Å². The number of hydrogen-bond acceptors (Lipinski definition) is 4. The molecule has 0 spiro atoms. The van der Waals surface area contributed by atoms with Gasteiger partial charge in [-0.25, -0.2) is 17.6 Å². The maximum absolute atomic E-state index is 14.3. The predicted molar refractivity (Wildman–Crippen MR) is 93.2 cm³/mol. The smallest absolute Gasteiger partial charge is 0.306 e. The van der Waals surface area contributed by atoms with Crippen LogP contribution in [0.15, 0.2) is 0 Å². The molecule has 0 saturated carbocycles. The van der Waals surface area contributed by atoms with E-state index in [-0.39, 0.29) is 13.0 Å². The number of carbonyl (C=O) groups excluding carboxylic acids is 1. The van der Waals surface area contributed by atoms with Crippen LogP contribution in [0, 0.1) is 5.92 Å². The van der Waals surface area contributed by atoms with E-state index < -0.39 is 36.9 Å². The summed E-state index contributed by atoms with van der Waals surface area (Å²) in [6.07, 6.45) is 0.899. The molecule has 1 aliphatic rings. The Bertz CT molecular complexity index is 420. The lowest BCUT2D eigenvalue weighted by Gasteiger charge is -2.29. The van der Waals surface area contributed by atoms with Crippen molar-refractivity contribution in [2.45, 2.75) is 83.2 Å². The number of unbranched alkanes of at least 4 members (excludes halogenated alkanes) is 2. The average Bonchev–Trinajstić information content (AvgIpc) is 2.56. The first-order chi connectivity index (χ1) is 12.6. The molecule has 4 nitrogen and oxygen atoms in total. The highest BCUT2D eigenvalue weighted by molar-refractivity contribution is 5.69. The third-order valence-electron chi connectivity index (χ3n) is 4.56. The SMILES string of the molecule is CCCCCC(=O)OC(COCCC1CCOCC1)C(F)(F)CC(C)(F)F. The Labute approximate surface area is 158 Å². The first-order valence-electron chi connectivity index (χ1n) is 9.74. The molecule has 1 atom stereocenters. The van der Waals surface area contributed by atoms with Crippen molar-refractivity contribution < 1.29 is 36.6 Å². The van der Waals surface area contributed by atoms with Gasteiger partial charge in [0.25, 0.3) is 11.8 Å². The molecule has 1 aliphatic heterocycles. The van der Waals surface area contributed by atoms with Crippen molar-refractivity contribution >= 4 is 5.97 Å². The molecule has 0 aromatic rings. The standard InChI is InChI=1S/C19H32F4O4/c1-3-4-5-6-17(24)27-16(19(22,23)14-18(2,20)21)13-26-12-9-15-7-10-25-11-8-15/h15-16H,3-14H2,1-2H3. The zero-order valence-corrected chi connectivity index (χ0v) is 16.3. The molecule has 0 radical (unpaired) electrons. The highest BCUT2D eigenvalue weighted by atomic mass is 19.3. The monoisotopic (exact) mass is 400 g/mol. The van der Waals surface area contributed by atoms with Gasteiger partial charge in [0, 0.05) is 26.2 Å². The molecule has 1 saturated heterocycles. The fourth-order valence-corrected chi connectivity index (χ4v) is 2.98. The quantitative estimate of drug-likeness (QED) is 0.248. The van der Waals surface area contributed by atoms with Crippen LogP contribution in [0.4, 0.5) is 17.6 Å². The lowest BCUT2D eigenvalue weighted by atomic mass is 9.97. The van der Waals surface area contributed by atoms with Gasteiger partial charge in [0.1, 0.15) is 0 Å². The van der Waals surface area contributed by atoms with Gasteiger partial charge in [-0.15, -0.1) is 0 Å². The van der Waals surface area contributed by atoms with E-state index in [0.29, 0.717) is 38.9 Å². The van der Waals surface area contributed by atoms with Crippen LogP contribution in [-0.2, 0) is 19.0 Å². The van der Waals surface area contributed by atoms with Crippen molar-refractivity contribution in [3.05, 3.63) is 0 Å². The van der Waals surface area contributed by atoms with Gasteiger partial charge < -0.3 is 14.2 Å². The van der Waals surface area contributed by atoms with Crippen molar-refractivity contribution in [2.24, 2.45) is 5.92 Å². The third kappa shape index (κ3) is 10.9. The van der Waals surface area contributed by atoms with Crippen LogP contribution >= 0.6 is 0 Å². The number of esters is 1. The summed E-state index contributed by atoms with van der Waals surface area (Å²) in [5.74, 6) is -7.84. The molecule has 8 heteroatoms. The van der Waals surface area contributed by atoms with Crippen LogP contribution in [0.2, 0.25) is 0 Å². The van der Waals surface area contributed by atoms with Gasteiger partial charge in [-0.1, -0.05) is 19.8 Å². The van der Waals surface area contributed by atoms with Gasteiger partial charge in [-0.3, -0.25) is 4.79 Å². The lowest BCUT2D eigenvalue weighted by molar-refractivity contribution is -0.201. The molecule has 0 aliphatic carbocycles. The number of hydrogen-bond donors (Lipinski definition) is 0. The van der Waals surface area contributed by atoms with Crippen molar-refractivity contribution in [3.8, 4) is 0 Å². The summed E-state index contributed by atoms with van der Waals surface area (Å²) in [5, 5.41) is 0. The second-order valence-corrected chi connectivity index (χ2v) is 7.36. The summed E-state index contributed by atoms with van der Waals surface area (Å²) < 4.78 is 70.1. The Morgan fingerprint density at radius 3 is 2.44 bits per heavy atom. The van der Waals surface area contributed by atoms with Gasteiger partial charge in [-0.2, -0.15) is 0 Å². The molecule has 0 N–H and O–H groups in total. The predicted octanol–water partition coefficient (Wildman–Crippen LogP) is 4.99. The van der Waals surface area contributed by atoms with E-state index in [9.17, 15) is 22.4 Å². The van der Waals surface area contributed by atoms with E-state index >= 15 is 0 Å². The Kier molecular flexibility index (Phi) is 10.6. The summed E-state index contributed by atoms with van der Waals surface area (Å²) in [6.45, 7) is 3.34. The second kappa shape index (κ2) is 11.8. The van der Waals surface area contributed by atoms with Crippen LogP contribution in [0.1, 0.15) is 65.2 Å². The van der Waals surface area contributed by atoms with Crippen molar-refractivity contribution in [1.29, 1.82) is 0 Å². The normalized spacial score (nSPS) is 17.7. The Hall–Kier alpha value is -0.890. The van der Waals surface area contributed by atoms with E-state index in [0.717, 1.165) is 25.7 Å². The minimum atomic E-state index is -3.86. The molecular formula is C19H32F4O4. The van der Waals surface area contributed by atoms with Gasteiger partial charge in [0.05, 0.1) is 13.0 Å². The van der Waals surface area contributed by atoms with Crippen molar-refractivity contribution in [1.82, 2.24) is 0 Å². The highest BCUT2D eigenvalue weighted by Gasteiger charge is 2.48. The molecule has 1 heterocycles. The minimum absolute atomic E-state index is 0.00892. The molecule has 1 fully saturated rings. The summed E-state index contributed by atoms with van der Waals surface area (Å²) in [6, 6.07) is 0. The van der Waals surface area contributed by atoms with Crippen LogP contribution in [0.3, 0.4) is 0 Å². The lowest BCUT2D eigenvalue weighted by Crippen LogP contribution is -2.44. The summed E-state index contributed by atoms with van der Waals surface area (Å²) in [7, 11) is 0. The van der Waals surface area contributed by atoms with Crippen LogP contribution < -0.4 is 0 Å². The summed E-state index contributed by atoms with van der Waals surface area (Å²) in [5.41, 5.74) is 0. The average molecular weight is 400 g/mol. The van der Waals surface area contributed by atoms with E-state index in [4.69, 9.17) is 14.2 Å². The van der Waals surface area contributed by atoms with Gasteiger partial charge in [0.2, 0.25) is 0 Å². The number of alkyl halides is 4. The fourth-order valence-electron chi connectivity index (χ4n) is 2.98. The fraction of sp³-hybridized carbons (Fsp3) is 0.947. The number of ether oxygens (including phenoxy) is 3. The van der Waals surface area contributed by atoms with E-state index in [1.165, 1.54) is 0 Å². The van der Waals surface area contributed by atoms with E-state index in [1.807, 2.05) is 6.92 Å². The largest absolute Gasteiger partial charge is 0.453 e. The van der Waals surface area contributed by atoms with Gasteiger partial charge in [-0.05, 0) is 38.5 Å². The molecule has 27 heavy (non-hydrogen) atoms. The van der Waals surface area contributed by atoms with Crippen LogP contribution in [-0.4, -0.2) is 50.3 Å². The highest BCUT2D eigenvalue weighted by Crippen LogP contribution is 2.34. The Balaban J connectivity index is 2.53. The first kappa shape index (κ1) is 24.1. The Morgan fingerprint density at radius 2 is 1.85 bits per heavy atom. The molecule has 1 unspecified atom stereocenters. The third-order valence-corrected chi connectivity index (χ3v) is 4.56. The molecule has 0 aromatic carbocycles. The zero-order chi connectivity index (χ0) is 20.3. The van der Waals surface area contributed by atoms with Gasteiger partial charge in [0.15, 0.2) is 6.10 Å². The first-order valence-corrected chi connectivity index (χ1v) is 9.74. The van der Waals surface area contributed by atoms with Crippen LogP contribution in [0.5, 0.6) is 0 Å². The second-order valence-electron chi connectivity index (χ2n) is 7.36. The topological polar surface area (TPSA) is 44.8 Å². The molecule has 0 aromatic heterocycles. The zero-order valence-electron chi connectivity index (χ0n) is 16.3. The minimum Gasteiger partial charge on any atom is -0.453 e. The van der Waals surface area contributed by atoms with Gasteiger partial charge >= 0.3 is 5.97 Å². The number of rotatable bonds is 13. The van der Waals surface area contributed by atoms with E-state index in [2.05, 4.69) is 0 Å². The number of carbonyl (C=O) groups is 1. The molecular weight excluding hydrogens is 368 g/mol. The Morgan fingerprint density at radius 1 is 1.19 bits per heavy atom. The van der Waals surface area contributed by atoms with Crippen molar-refractivity contribution in [3.63, 3.8) is 0 Å². The maximum Gasteiger partial charge on any atom is 0.306 e. The maximum atomic E-state index is 14.3. The summed E-state index contributed by atoms with van der Waals surface area (Å²) >= 11 is 0.